The van der Waals surface area contributed by atoms with Gasteiger partial charge in [0.1, 0.15) is 11.4 Å². The van der Waals surface area contributed by atoms with Crippen molar-refractivity contribution in [2.45, 2.75) is 5.03 Å². The second-order valence-electron chi connectivity index (χ2n) is 6.55. The molecule has 2 heterocycles. The summed E-state index contributed by atoms with van der Waals surface area (Å²) in [4.78, 5) is 32.6. The van der Waals surface area contributed by atoms with Crippen LogP contribution in [0.3, 0.4) is 0 Å². The van der Waals surface area contributed by atoms with Crippen LogP contribution in [0, 0.1) is 11.6 Å². The van der Waals surface area contributed by atoms with Gasteiger partial charge in [-0.2, -0.15) is 5.10 Å². The molecule has 0 unspecified atom stereocenters. The van der Waals surface area contributed by atoms with Gasteiger partial charge in [-0.1, -0.05) is 30.0 Å². The van der Waals surface area contributed by atoms with Crippen molar-refractivity contribution in [2.75, 3.05) is 17.6 Å². The summed E-state index contributed by atoms with van der Waals surface area (Å²) in [5, 5.41) is 10.5. The van der Waals surface area contributed by atoms with Gasteiger partial charge in [0.2, 0.25) is 11.8 Å². The predicted molar refractivity (Wildman–Crippen MR) is 115 cm³/mol. The molecule has 0 atom stereocenters. The molecule has 0 bridgehead atoms. The van der Waals surface area contributed by atoms with Crippen LogP contribution in [0.25, 0.3) is 16.7 Å². The Hall–Kier alpha value is -3.86. The van der Waals surface area contributed by atoms with E-state index >= 15 is 0 Å². The molecule has 2 N–H and O–H groups in total. The van der Waals surface area contributed by atoms with E-state index in [1.165, 1.54) is 24.2 Å². The van der Waals surface area contributed by atoms with E-state index in [0.29, 0.717) is 16.1 Å². The fraction of sp³-hybridized carbons (Fsp3) is 0.0952. The Morgan fingerprint density at radius 2 is 1.81 bits per heavy atom. The molecule has 0 radical (unpaired) electrons. The smallest absolute Gasteiger partial charge is 0.243 e. The zero-order valence-corrected chi connectivity index (χ0v) is 17.3. The maximum atomic E-state index is 13.2. The Morgan fingerprint density at radius 1 is 1.00 bits per heavy atom. The van der Waals surface area contributed by atoms with Crippen LogP contribution in [0.15, 0.2) is 66.1 Å². The van der Waals surface area contributed by atoms with Gasteiger partial charge in [-0.15, -0.1) is 0 Å². The molecule has 2 aromatic heterocycles. The van der Waals surface area contributed by atoms with Gasteiger partial charge in [-0.25, -0.2) is 23.4 Å². The second kappa shape index (κ2) is 9.52. The van der Waals surface area contributed by atoms with Crippen molar-refractivity contribution in [2.24, 2.45) is 0 Å². The highest BCUT2D eigenvalue weighted by Gasteiger charge is 2.14. The average molecular weight is 454 g/mol. The third-order valence-corrected chi connectivity index (χ3v) is 5.32. The summed E-state index contributed by atoms with van der Waals surface area (Å²) in [6.45, 7) is -0.316. The van der Waals surface area contributed by atoms with Crippen LogP contribution in [0.2, 0.25) is 0 Å². The van der Waals surface area contributed by atoms with Gasteiger partial charge >= 0.3 is 0 Å². The number of rotatable bonds is 7. The number of hydrogen-bond acceptors (Lipinski definition) is 6. The van der Waals surface area contributed by atoms with Gasteiger partial charge in [0.25, 0.3) is 0 Å². The molecule has 0 fully saturated rings. The zero-order valence-electron chi connectivity index (χ0n) is 16.5. The van der Waals surface area contributed by atoms with Gasteiger partial charge in [0.05, 0.1) is 29.6 Å². The number of benzene rings is 2. The molecule has 11 heteroatoms. The number of thioether (sulfide) groups is 1. The van der Waals surface area contributed by atoms with E-state index in [4.69, 9.17) is 0 Å². The topological polar surface area (TPSA) is 102 Å². The number of halogens is 2. The van der Waals surface area contributed by atoms with E-state index in [-0.39, 0.29) is 18.0 Å². The highest BCUT2D eigenvalue weighted by molar-refractivity contribution is 8.00. The van der Waals surface area contributed by atoms with Gasteiger partial charge < -0.3 is 10.6 Å². The van der Waals surface area contributed by atoms with E-state index in [1.807, 2.05) is 30.3 Å². The summed E-state index contributed by atoms with van der Waals surface area (Å²) in [6.07, 6.45) is 3.04. The monoisotopic (exact) mass is 454 g/mol. The van der Waals surface area contributed by atoms with E-state index < -0.39 is 23.4 Å². The van der Waals surface area contributed by atoms with Crippen LogP contribution >= 0.6 is 11.8 Å². The van der Waals surface area contributed by atoms with Crippen molar-refractivity contribution in [3.8, 4) is 5.69 Å². The first kappa shape index (κ1) is 21.4. The van der Waals surface area contributed by atoms with Crippen LogP contribution < -0.4 is 10.6 Å². The van der Waals surface area contributed by atoms with Crippen molar-refractivity contribution in [3.05, 3.63) is 72.7 Å². The SMILES string of the molecule is O=C(CSc1ncnc2c1cnn2-c1ccccc1)NCC(=O)Nc1ccc(F)c(F)c1. The number of carbonyl (C=O) groups excluding carboxylic acids is 2. The summed E-state index contributed by atoms with van der Waals surface area (Å²) >= 11 is 1.19. The molecule has 4 rings (SSSR count). The first-order valence-electron chi connectivity index (χ1n) is 9.40. The molecule has 2 amide bonds. The second-order valence-corrected chi connectivity index (χ2v) is 7.51. The maximum absolute atomic E-state index is 13.2. The lowest BCUT2D eigenvalue weighted by Crippen LogP contribution is -2.33. The fourth-order valence-corrected chi connectivity index (χ4v) is 3.63. The Balaban J connectivity index is 1.33. The molecule has 32 heavy (non-hydrogen) atoms. The summed E-state index contributed by atoms with van der Waals surface area (Å²) in [5.74, 6) is -3.03. The fourth-order valence-electron chi connectivity index (χ4n) is 2.84. The Kier molecular flexibility index (Phi) is 6.36. The minimum Gasteiger partial charge on any atom is -0.346 e. The number of nitrogens with zero attached hydrogens (tertiary/aromatic N) is 4. The number of amides is 2. The molecule has 8 nitrogen and oxygen atoms in total. The molecular weight excluding hydrogens is 438 g/mol. The van der Waals surface area contributed by atoms with Crippen molar-refractivity contribution in [3.63, 3.8) is 0 Å². The molecule has 2 aromatic carbocycles. The Bertz CT molecular complexity index is 1280. The third-order valence-electron chi connectivity index (χ3n) is 4.32. The van der Waals surface area contributed by atoms with Crippen LogP contribution in [0.5, 0.6) is 0 Å². The number of anilines is 1. The lowest BCUT2D eigenvalue weighted by Gasteiger charge is -2.07. The summed E-state index contributed by atoms with van der Waals surface area (Å²) in [6, 6.07) is 12.5. The molecule has 4 aromatic rings. The highest BCUT2D eigenvalue weighted by Crippen LogP contribution is 2.25. The van der Waals surface area contributed by atoms with E-state index in [0.717, 1.165) is 17.8 Å². The largest absolute Gasteiger partial charge is 0.346 e. The number of aromatic nitrogens is 4. The maximum Gasteiger partial charge on any atom is 0.243 e. The Labute approximate surface area is 185 Å². The average Bonchev–Trinajstić information content (AvgIpc) is 3.24. The number of fused-ring (bicyclic) bond motifs is 1. The molecule has 0 aliphatic heterocycles. The lowest BCUT2D eigenvalue weighted by molar-refractivity contribution is -0.122. The standard InChI is InChI=1S/C21H16F2N6O2S/c22-16-7-6-13(8-17(16)23)28-18(30)10-24-19(31)11-32-21-15-9-27-29(20(15)25-12-26-21)14-4-2-1-3-5-14/h1-9,12H,10-11H2,(H,24,31)(H,28,30). The quantitative estimate of drug-likeness (QED) is 0.329. The number of carbonyl (C=O) groups is 2. The first-order chi connectivity index (χ1) is 15.5. The van der Waals surface area contributed by atoms with Gasteiger partial charge in [0.15, 0.2) is 17.3 Å². The normalized spacial score (nSPS) is 10.8. The lowest BCUT2D eigenvalue weighted by atomic mass is 10.3. The number of para-hydroxylation sites is 1. The minimum absolute atomic E-state index is 0.0150. The zero-order chi connectivity index (χ0) is 22.5. The van der Waals surface area contributed by atoms with Crippen LogP contribution in [0.4, 0.5) is 14.5 Å². The van der Waals surface area contributed by atoms with Crippen LogP contribution in [-0.2, 0) is 9.59 Å². The van der Waals surface area contributed by atoms with Crippen LogP contribution in [0.1, 0.15) is 0 Å². The molecule has 0 aliphatic rings. The third kappa shape index (κ3) is 4.89. The van der Waals surface area contributed by atoms with Crippen molar-refractivity contribution in [1.82, 2.24) is 25.1 Å². The summed E-state index contributed by atoms with van der Waals surface area (Å²) in [5.41, 5.74) is 1.55. The van der Waals surface area contributed by atoms with E-state index in [2.05, 4.69) is 25.7 Å². The number of nitrogens with one attached hydrogen (secondary N) is 2. The molecule has 0 saturated carbocycles. The molecule has 162 valence electrons. The van der Waals surface area contributed by atoms with Gasteiger partial charge in [0, 0.05) is 11.8 Å². The molecular formula is C21H16F2N6O2S. The van der Waals surface area contributed by atoms with E-state index in [9.17, 15) is 18.4 Å². The van der Waals surface area contributed by atoms with Crippen LogP contribution in [-0.4, -0.2) is 43.9 Å². The number of hydrogen-bond donors (Lipinski definition) is 2. The molecule has 0 spiro atoms. The minimum atomic E-state index is -1.07. The predicted octanol–water partition coefficient (Wildman–Crippen LogP) is 2.94. The highest BCUT2D eigenvalue weighted by atomic mass is 32.2. The first-order valence-corrected chi connectivity index (χ1v) is 10.4. The summed E-state index contributed by atoms with van der Waals surface area (Å²) < 4.78 is 27.8. The summed E-state index contributed by atoms with van der Waals surface area (Å²) in [7, 11) is 0. The van der Waals surface area contributed by atoms with Crippen molar-refractivity contribution in [1.29, 1.82) is 0 Å². The molecule has 0 aliphatic carbocycles. The molecule has 0 saturated heterocycles. The van der Waals surface area contributed by atoms with E-state index in [1.54, 1.807) is 10.9 Å². The van der Waals surface area contributed by atoms with Gasteiger partial charge in [-0.05, 0) is 24.3 Å². The van der Waals surface area contributed by atoms with Crippen molar-refractivity contribution >= 4 is 40.3 Å². The Morgan fingerprint density at radius 3 is 2.59 bits per heavy atom. The van der Waals surface area contributed by atoms with Gasteiger partial charge in [-0.3, -0.25) is 9.59 Å². The van der Waals surface area contributed by atoms with Crippen molar-refractivity contribution < 1.29 is 18.4 Å².